The molecule has 3 unspecified atom stereocenters. The van der Waals surface area contributed by atoms with E-state index >= 15 is 0 Å². The first-order valence-electron chi connectivity index (χ1n) is 8.30. The molecule has 2 nitrogen and oxygen atoms in total. The Morgan fingerprint density at radius 2 is 1.65 bits per heavy atom. The Kier molecular flexibility index (Phi) is 3.22. The van der Waals surface area contributed by atoms with E-state index in [-0.39, 0.29) is 0 Å². The normalized spacial score (nSPS) is 33.4. The minimum absolute atomic E-state index is 0.493. The summed E-state index contributed by atoms with van der Waals surface area (Å²) < 4.78 is 5.84. The van der Waals surface area contributed by atoms with Crippen molar-refractivity contribution in [1.82, 2.24) is 5.32 Å². The second kappa shape index (κ2) is 5.07. The average Bonchev–Trinajstić information content (AvgIpc) is 3.39. The van der Waals surface area contributed by atoms with E-state index in [1.165, 1.54) is 44.1 Å². The third kappa shape index (κ3) is 2.35. The Hall–Kier alpha value is -1.02. The minimum atomic E-state index is 0.493. The zero-order chi connectivity index (χ0) is 13.5. The molecule has 0 saturated heterocycles. The number of nitrogens with one attached hydrogen (secondary N) is 1. The molecule has 20 heavy (non-hydrogen) atoms. The van der Waals surface area contributed by atoms with Gasteiger partial charge in [-0.25, -0.2) is 0 Å². The molecule has 0 heterocycles. The fraction of sp³-hybridized carbons (Fsp3) is 0.667. The van der Waals surface area contributed by atoms with Gasteiger partial charge in [0.15, 0.2) is 0 Å². The monoisotopic (exact) mass is 271 g/mol. The lowest BCUT2D eigenvalue weighted by Crippen LogP contribution is -2.19. The van der Waals surface area contributed by atoms with Gasteiger partial charge in [-0.3, -0.25) is 0 Å². The lowest BCUT2D eigenvalue weighted by molar-refractivity contribution is 0.303. The number of hydrogen-bond acceptors (Lipinski definition) is 2. The summed E-state index contributed by atoms with van der Waals surface area (Å²) in [6, 6.07) is 9.39. The highest BCUT2D eigenvalue weighted by atomic mass is 16.5. The maximum atomic E-state index is 5.84. The number of hydrogen-bond donors (Lipinski definition) is 1. The van der Waals surface area contributed by atoms with Gasteiger partial charge in [-0.1, -0.05) is 25.0 Å². The predicted octanol–water partition coefficient (Wildman–Crippen LogP) is 3.92. The van der Waals surface area contributed by atoms with Crippen LogP contribution in [-0.4, -0.2) is 13.2 Å². The molecule has 2 heteroatoms. The van der Waals surface area contributed by atoms with Crippen molar-refractivity contribution < 1.29 is 4.74 Å². The Morgan fingerprint density at radius 1 is 1.00 bits per heavy atom. The summed E-state index contributed by atoms with van der Waals surface area (Å²) in [5.41, 5.74) is 1.44. The van der Waals surface area contributed by atoms with E-state index in [1.54, 1.807) is 0 Å². The molecular formula is C18H25NO. The second-order valence-corrected chi connectivity index (χ2v) is 6.84. The quantitative estimate of drug-likeness (QED) is 0.876. The van der Waals surface area contributed by atoms with E-state index in [1.807, 2.05) is 0 Å². The minimum Gasteiger partial charge on any atom is -0.490 e. The number of fused-ring (bicyclic) bond motifs is 1. The summed E-state index contributed by atoms with van der Waals surface area (Å²) >= 11 is 0. The SMILES string of the molecule is CNC(c1ccc(OC2CC2)cc1)C1C2CCCCC21. The van der Waals surface area contributed by atoms with E-state index in [9.17, 15) is 0 Å². The number of ether oxygens (including phenoxy) is 1. The topological polar surface area (TPSA) is 21.3 Å². The Morgan fingerprint density at radius 3 is 2.20 bits per heavy atom. The first kappa shape index (κ1) is 12.7. The largest absolute Gasteiger partial charge is 0.490 e. The van der Waals surface area contributed by atoms with Crippen LogP contribution in [0, 0.1) is 17.8 Å². The zero-order valence-corrected chi connectivity index (χ0v) is 12.3. The van der Waals surface area contributed by atoms with Crippen LogP contribution >= 0.6 is 0 Å². The highest BCUT2D eigenvalue weighted by Gasteiger charge is 2.53. The Labute approximate surface area is 121 Å². The summed E-state index contributed by atoms with van der Waals surface area (Å²) in [7, 11) is 2.11. The van der Waals surface area contributed by atoms with Crippen LogP contribution in [0.5, 0.6) is 5.75 Å². The third-order valence-corrected chi connectivity index (χ3v) is 5.48. The summed E-state index contributed by atoms with van der Waals surface area (Å²) in [5.74, 6) is 3.89. The van der Waals surface area contributed by atoms with Gasteiger partial charge < -0.3 is 10.1 Å². The van der Waals surface area contributed by atoms with Gasteiger partial charge in [0.2, 0.25) is 0 Å². The van der Waals surface area contributed by atoms with Crippen LogP contribution in [0.25, 0.3) is 0 Å². The standard InChI is InChI=1S/C18H25NO/c1-19-18(17-15-4-2-3-5-16(15)17)12-6-8-13(9-7-12)20-14-10-11-14/h6-9,14-19H,2-5,10-11H2,1H3. The molecule has 0 spiro atoms. The molecule has 1 aromatic rings. The maximum absolute atomic E-state index is 5.84. The molecule has 1 aromatic carbocycles. The van der Waals surface area contributed by atoms with Gasteiger partial charge in [-0.15, -0.1) is 0 Å². The van der Waals surface area contributed by atoms with Crippen LogP contribution in [-0.2, 0) is 0 Å². The van der Waals surface area contributed by atoms with Crippen LogP contribution in [0.3, 0.4) is 0 Å². The lowest BCUT2D eigenvalue weighted by atomic mass is 10.00. The molecule has 3 aliphatic carbocycles. The average molecular weight is 271 g/mol. The van der Waals surface area contributed by atoms with Crippen molar-refractivity contribution in [1.29, 1.82) is 0 Å². The molecule has 0 bridgehead atoms. The molecule has 0 aromatic heterocycles. The molecule has 4 rings (SSSR count). The van der Waals surface area contributed by atoms with Crippen molar-refractivity contribution in [2.45, 2.75) is 50.7 Å². The zero-order valence-electron chi connectivity index (χ0n) is 12.3. The van der Waals surface area contributed by atoms with Gasteiger partial charge in [0.05, 0.1) is 6.10 Å². The second-order valence-electron chi connectivity index (χ2n) is 6.84. The van der Waals surface area contributed by atoms with Crippen LogP contribution in [0.1, 0.15) is 50.1 Å². The first-order valence-corrected chi connectivity index (χ1v) is 8.30. The molecule has 0 aliphatic heterocycles. The molecular weight excluding hydrogens is 246 g/mol. The fourth-order valence-electron chi connectivity index (χ4n) is 4.26. The van der Waals surface area contributed by atoms with E-state index in [2.05, 4.69) is 36.6 Å². The van der Waals surface area contributed by atoms with Gasteiger partial charge >= 0.3 is 0 Å². The van der Waals surface area contributed by atoms with Crippen molar-refractivity contribution in [2.75, 3.05) is 7.05 Å². The molecule has 3 saturated carbocycles. The molecule has 0 radical (unpaired) electrons. The molecule has 0 amide bonds. The Balaban J connectivity index is 1.46. The lowest BCUT2D eigenvalue weighted by Gasteiger charge is -2.17. The van der Waals surface area contributed by atoms with E-state index in [0.29, 0.717) is 12.1 Å². The van der Waals surface area contributed by atoms with Crippen LogP contribution in [0.2, 0.25) is 0 Å². The smallest absolute Gasteiger partial charge is 0.119 e. The van der Waals surface area contributed by atoms with Gasteiger partial charge in [0.25, 0.3) is 0 Å². The van der Waals surface area contributed by atoms with E-state index in [0.717, 1.165) is 23.5 Å². The van der Waals surface area contributed by atoms with Crippen molar-refractivity contribution in [3.63, 3.8) is 0 Å². The maximum Gasteiger partial charge on any atom is 0.119 e. The summed E-state index contributed by atoms with van der Waals surface area (Å²) in [6.45, 7) is 0. The predicted molar refractivity (Wildman–Crippen MR) is 80.8 cm³/mol. The molecule has 3 atom stereocenters. The van der Waals surface area contributed by atoms with E-state index in [4.69, 9.17) is 4.74 Å². The fourth-order valence-corrected chi connectivity index (χ4v) is 4.26. The summed E-state index contributed by atoms with van der Waals surface area (Å²) in [6.07, 6.45) is 8.75. The van der Waals surface area contributed by atoms with Crippen molar-refractivity contribution in [3.8, 4) is 5.75 Å². The number of benzene rings is 1. The number of rotatable bonds is 5. The first-order chi connectivity index (χ1) is 9.86. The highest BCUT2D eigenvalue weighted by Crippen LogP contribution is 2.60. The van der Waals surface area contributed by atoms with Crippen LogP contribution in [0.15, 0.2) is 24.3 Å². The van der Waals surface area contributed by atoms with Gasteiger partial charge in [-0.05, 0) is 68.2 Å². The summed E-state index contributed by atoms with van der Waals surface area (Å²) in [4.78, 5) is 0. The molecule has 108 valence electrons. The van der Waals surface area contributed by atoms with Gasteiger partial charge in [-0.2, -0.15) is 0 Å². The van der Waals surface area contributed by atoms with Crippen LogP contribution in [0.4, 0.5) is 0 Å². The van der Waals surface area contributed by atoms with Gasteiger partial charge in [0.1, 0.15) is 5.75 Å². The molecule has 3 aliphatic rings. The molecule has 1 N–H and O–H groups in total. The summed E-state index contributed by atoms with van der Waals surface area (Å²) in [5, 5.41) is 3.57. The highest BCUT2D eigenvalue weighted by molar-refractivity contribution is 5.31. The van der Waals surface area contributed by atoms with Gasteiger partial charge in [0, 0.05) is 6.04 Å². The van der Waals surface area contributed by atoms with Crippen molar-refractivity contribution >= 4 is 0 Å². The van der Waals surface area contributed by atoms with Crippen molar-refractivity contribution in [3.05, 3.63) is 29.8 Å². The van der Waals surface area contributed by atoms with Crippen LogP contribution < -0.4 is 10.1 Å². The molecule has 3 fully saturated rings. The van der Waals surface area contributed by atoms with Crippen molar-refractivity contribution in [2.24, 2.45) is 17.8 Å². The third-order valence-electron chi connectivity index (χ3n) is 5.48. The van der Waals surface area contributed by atoms with E-state index < -0.39 is 0 Å². The Bertz CT molecular complexity index is 453.